The SMILES string of the molecule is Cc1nc2nc(Nc3cccc(C#N)n3)cc(Nc3ccccc3N(C(F)F)S(C)=O)c2[nH]1. The van der Waals surface area contributed by atoms with E-state index in [1.807, 2.05) is 6.07 Å². The summed E-state index contributed by atoms with van der Waals surface area (Å²) in [7, 11) is -1.95. The number of nitriles is 1. The Labute approximate surface area is 190 Å². The minimum absolute atomic E-state index is 0.0763. The van der Waals surface area contributed by atoms with Gasteiger partial charge >= 0.3 is 6.55 Å². The third-order valence-corrected chi connectivity index (χ3v) is 5.47. The molecule has 0 aliphatic rings. The zero-order chi connectivity index (χ0) is 23.5. The van der Waals surface area contributed by atoms with Gasteiger partial charge in [-0.25, -0.2) is 23.5 Å². The molecule has 33 heavy (non-hydrogen) atoms. The Morgan fingerprint density at radius 3 is 2.58 bits per heavy atom. The lowest BCUT2D eigenvalue weighted by Gasteiger charge is -2.23. The smallest absolute Gasteiger partial charge is 0.326 e. The zero-order valence-electron chi connectivity index (χ0n) is 17.5. The van der Waals surface area contributed by atoms with E-state index in [0.717, 1.165) is 0 Å². The summed E-state index contributed by atoms with van der Waals surface area (Å²) in [6.07, 6.45) is 1.19. The second-order valence-electron chi connectivity index (χ2n) is 6.89. The fourth-order valence-electron chi connectivity index (χ4n) is 3.24. The minimum atomic E-state index is -2.96. The van der Waals surface area contributed by atoms with Gasteiger partial charge in [0.1, 0.15) is 45.7 Å². The van der Waals surface area contributed by atoms with E-state index in [0.29, 0.717) is 44.3 Å². The summed E-state index contributed by atoms with van der Waals surface area (Å²) in [5.74, 6) is 1.39. The van der Waals surface area contributed by atoms with E-state index in [4.69, 9.17) is 5.26 Å². The van der Waals surface area contributed by atoms with Crippen LogP contribution < -0.4 is 14.9 Å². The van der Waals surface area contributed by atoms with Crippen molar-refractivity contribution in [1.82, 2.24) is 19.9 Å². The van der Waals surface area contributed by atoms with Crippen LogP contribution in [-0.2, 0) is 11.0 Å². The number of pyridine rings is 2. The molecule has 0 aliphatic heterocycles. The van der Waals surface area contributed by atoms with Gasteiger partial charge in [-0.1, -0.05) is 18.2 Å². The van der Waals surface area contributed by atoms with Crippen molar-refractivity contribution in [2.24, 2.45) is 0 Å². The summed E-state index contributed by atoms with van der Waals surface area (Å²) < 4.78 is 39.7. The monoisotopic (exact) mass is 468 g/mol. The number of hydrogen-bond acceptors (Lipinski definition) is 7. The number of fused-ring (bicyclic) bond motifs is 1. The Hall–Kier alpha value is -4.11. The summed E-state index contributed by atoms with van der Waals surface area (Å²) in [4.78, 5) is 16.1. The highest BCUT2D eigenvalue weighted by molar-refractivity contribution is 7.85. The van der Waals surface area contributed by atoms with Crippen LogP contribution in [0, 0.1) is 18.3 Å². The van der Waals surface area contributed by atoms with Crippen LogP contribution in [0.3, 0.4) is 0 Å². The van der Waals surface area contributed by atoms with Crippen molar-refractivity contribution in [1.29, 1.82) is 5.26 Å². The minimum Gasteiger partial charge on any atom is -0.352 e. The normalized spacial score (nSPS) is 11.9. The first kappa shape index (κ1) is 22.1. The van der Waals surface area contributed by atoms with E-state index in [-0.39, 0.29) is 11.4 Å². The van der Waals surface area contributed by atoms with E-state index in [9.17, 15) is 13.0 Å². The molecule has 168 valence electrons. The molecule has 1 atom stereocenters. The predicted octanol–water partition coefficient (Wildman–Crippen LogP) is 4.34. The number of hydrogen-bond donors (Lipinski definition) is 3. The fraction of sp³-hybridized carbons (Fsp3) is 0.143. The Morgan fingerprint density at radius 2 is 1.85 bits per heavy atom. The average molecular weight is 468 g/mol. The van der Waals surface area contributed by atoms with E-state index in [2.05, 4.69) is 30.6 Å². The maximum absolute atomic E-state index is 13.6. The standard InChI is InChI=1S/C21H18F2N8OS/c1-12-25-19-15(28-14-7-3-4-8-16(14)31(21(22)23)33(2)32)10-18(30-20(19)26-12)29-17-9-5-6-13(11-24)27-17/h3-10,21H,1-2H3,(H3,25,26,27,28,29,30). The number of benzene rings is 1. The molecule has 0 bridgehead atoms. The van der Waals surface area contributed by atoms with Crippen molar-refractivity contribution in [3.63, 3.8) is 0 Å². The van der Waals surface area contributed by atoms with Crippen LogP contribution in [0.4, 0.5) is 37.5 Å². The van der Waals surface area contributed by atoms with Gasteiger partial charge in [-0.2, -0.15) is 14.0 Å². The van der Waals surface area contributed by atoms with Gasteiger partial charge in [0.2, 0.25) is 0 Å². The Kier molecular flexibility index (Phi) is 6.14. The number of aromatic amines is 1. The van der Waals surface area contributed by atoms with E-state index >= 15 is 0 Å². The first-order valence-electron chi connectivity index (χ1n) is 9.64. The predicted molar refractivity (Wildman–Crippen MR) is 123 cm³/mol. The van der Waals surface area contributed by atoms with Gasteiger partial charge in [0, 0.05) is 12.3 Å². The van der Waals surface area contributed by atoms with Gasteiger partial charge in [-0.15, -0.1) is 0 Å². The second-order valence-corrected chi connectivity index (χ2v) is 8.13. The Bertz CT molecular complexity index is 1380. The maximum Gasteiger partial charge on any atom is 0.326 e. The molecule has 1 aromatic carbocycles. The number of para-hydroxylation sites is 2. The van der Waals surface area contributed by atoms with Crippen LogP contribution in [0.5, 0.6) is 0 Å². The highest BCUT2D eigenvalue weighted by Gasteiger charge is 2.24. The number of aromatic nitrogens is 4. The molecule has 0 aliphatic carbocycles. The molecule has 3 heterocycles. The molecule has 0 fully saturated rings. The largest absolute Gasteiger partial charge is 0.352 e. The molecule has 3 N–H and O–H groups in total. The van der Waals surface area contributed by atoms with Crippen LogP contribution in [0.2, 0.25) is 0 Å². The molecule has 4 aromatic rings. The highest BCUT2D eigenvalue weighted by atomic mass is 32.2. The second kappa shape index (κ2) is 9.17. The molecule has 1 unspecified atom stereocenters. The molecule has 12 heteroatoms. The van der Waals surface area contributed by atoms with Crippen molar-refractivity contribution in [3.8, 4) is 6.07 Å². The van der Waals surface area contributed by atoms with Gasteiger partial charge in [0.25, 0.3) is 0 Å². The van der Waals surface area contributed by atoms with Crippen molar-refractivity contribution < 1.29 is 13.0 Å². The van der Waals surface area contributed by atoms with E-state index in [1.165, 1.54) is 12.3 Å². The fourth-order valence-corrected chi connectivity index (χ4v) is 3.90. The van der Waals surface area contributed by atoms with Crippen LogP contribution in [0.15, 0.2) is 48.5 Å². The van der Waals surface area contributed by atoms with Gasteiger partial charge < -0.3 is 15.6 Å². The summed E-state index contributed by atoms with van der Waals surface area (Å²) in [6.45, 7) is -1.19. The maximum atomic E-state index is 13.6. The van der Waals surface area contributed by atoms with E-state index in [1.54, 1.807) is 49.4 Å². The molecule has 0 spiro atoms. The topological polar surface area (TPSA) is 123 Å². The number of rotatable bonds is 7. The van der Waals surface area contributed by atoms with Crippen LogP contribution >= 0.6 is 0 Å². The summed E-state index contributed by atoms with van der Waals surface area (Å²) >= 11 is 0. The average Bonchev–Trinajstić information content (AvgIpc) is 3.15. The Morgan fingerprint density at radius 1 is 1.06 bits per heavy atom. The van der Waals surface area contributed by atoms with Gasteiger partial charge in [-0.05, 0) is 31.2 Å². The molecule has 0 saturated carbocycles. The molecule has 3 aromatic heterocycles. The third-order valence-electron chi connectivity index (χ3n) is 4.56. The Balaban J connectivity index is 1.77. The lowest BCUT2D eigenvalue weighted by atomic mass is 10.2. The van der Waals surface area contributed by atoms with Crippen molar-refractivity contribution in [2.75, 3.05) is 21.2 Å². The number of anilines is 5. The first-order chi connectivity index (χ1) is 15.9. The quantitative estimate of drug-likeness (QED) is 0.345. The molecule has 0 saturated heterocycles. The number of H-pyrrole nitrogens is 1. The number of halogens is 2. The molecule has 4 rings (SSSR count). The molecule has 9 nitrogen and oxygen atoms in total. The third kappa shape index (κ3) is 4.73. The lowest BCUT2D eigenvalue weighted by molar-refractivity contribution is 0.163. The number of nitrogens with one attached hydrogen (secondary N) is 3. The summed E-state index contributed by atoms with van der Waals surface area (Å²) in [6, 6.07) is 14.9. The van der Waals surface area contributed by atoms with Gasteiger partial charge in [-0.3, -0.25) is 0 Å². The highest BCUT2D eigenvalue weighted by Crippen LogP contribution is 2.34. The molecule has 0 amide bonds. The van der Waals surface area contributed by atoms with Crippen LogP contribution in [0.25, 0.3) is 11.2 Å². The van der Waals surface area contributed by atoms with E-state index < -0.39 is 17.5 Å². The van der Waals surface area contributed by atoms with Crippen molar-refractivity contribution >= 4 is 50.8 Å². The first-order valence-corrected chi connectivity index (χ1v) is 11.2. The molecule has 0 radical (unpaired) electrons. The van der Waals surface area contributed by atoms with Crippen LogP contribution in [0.1, 0.15) is 11.5 Å². The van der Waals surface area contributed by atoms with Crippen LogP contribution in [-0.4, -0.2) is 36.9 Å². The number of aryl methyl sites for hydroxylation is 1. The molecular weight excluding hydrogens is 450 g/mol. The van der Waals surface area contributed by atoms with Crippen molar-refractivity contribution in [2.45, 2.75) is 13.5 Å². The summed E-state index contributed by atoms with van der Waals surface area (Å²) in [5.41, 5.74) is 2.09. The zero-order valence-corrected chi connectivity index (χ0v) is 18.3. The van der Waals surface area contributed by atoms with Crippen molar-refractivity contribution in [3.05, 3.63) is 60.0 Å². The number of imidazole rings is 1. The number of alkyl halides is 2. The lowest BCUT2D eigenvalue weighted by Crippen LogP contribution is -2.30. The summed E-state index contributed by atoms with van der Waals surface area (Å²) in [5, 5.41) is 15.2. The van der Waals surface area contributed by atoms with Gasteiger partial charge in [0.05, 0.1) is 17.1 Å². The number of nitrogens with zero attached hydrogens (tertiary/aromatic N) is 5. The van der Waals surface area contributed by atoms with Gasteiger partial charge in [0.15, 0.2) is 5.65 Å². The molecular formula is C21H18F2N8OS.